The van der Waals surface area contributed by atoms with E-state index in [0.29, 0.717) is 12.1 Å². The van der Waals surface area contributed by atoms with E-state index in [1.54, 1.807) is 18.2 Å². The first-order valence-corrected chi connectivity index (χ1v) is 7.57. The minimum Gasteiger partial charge on any atom is -0.435 e. The Morgan fingerprint density at radius 2 is 2.19 bits per heavy atom. The summed E-state index contributed by atoms with van der Waals surface area (Å²) in [6.45, 7) is -2.76. The van der Waals surface area contributed by atoms with Crippen molar-refractivity contribution in [2.24, 2.45) is 0 Å². The van der Waals surface area contributed by atoms with Crippen molar-refractivity contribution in [2.75, 3.05) is 7.05 Å². The molecule has 0 N–H and O–H groups in total. The van der Waals surface area contributed by atoms with E-state index in [-0.39, 0.29) is 5.75 Å². The third kappa shape index (κ3) is 3.43. The second-order valence-corrected chi connectivity index (χ2v) is 6.05. The zero-order chi connectivity index (χ0) is 14.8. The zero-order valence-corrected chi connectivity index (χ0v) is 12.3. The summed E-state index contributed by atoms with van der Waals surface area (Å²) in [5, 5.41) is 0. The summed E-state index contributed by atoms with van der Waals surface area (Å²) >= 11 is 0. The number of likely N-dealkylation sites (N-methyl/N-ethyl adjacent to an activating group) is 1. The third-order valence-corrected chi connectivity index (χ3v) is 4.62. The maximum Gasteiger partial charge on any atom is 0.387 e. The van der Waals surface area contributed by atoms with Crippen LogP contribution in [-0.4, -0.2) is 30.6 Å². The monoisotopic (exact) mass is 293 g/mol. The Balaban J connectivity index is 1.72. The van der Waals surface area contributed by atoms with Crippen molar-refractivity contribution >= 4 is 0 Å². The maximum atomic E-state index is 12.3. The smallest absolute Gasteiger partial charge is 0.387 e. The van der Waals surface area contributed by atoms with Gasteiger partial charge in [0.05, 0.1) is 0 Å². The molecule has 0 spiro atoms. The first-order chi connectivity index (χ1) is 10.1. The van der Waals surface area contributed by atoms with E-state index >= 15 is 0 Å². The van der Waals surface area contributed by atoms with Crippen molar-refractivity contribution < 1.29 is 13.5 Å². The molecule has 2 heterocycles. The molecular weight excluding hydrogens is 272 g/mol. The molecule has 1 aromatic rings. The molecule has 2 aliphatic rings. The summed E-state index contributed by atoms with van der Waals surface area (Å²) in [5.41, 5.74) is 2.47. The quantitative estimate of drug-likeness (QED) is 0.778. The first kappa shape index (κ1) is 14.5. The topological polar surface area (TPSA) is 12.5 Å². The molecule has 1 saturated heterocycles. The van der Waals surface area contributed by atoms with E-state index < -0.39 is 6.61 Å². The summed E-state index contributed by atoms with van der Waals surface area (Å²) in [6, 6.07) is 8.25. The highest BCUT2D eigenvalue weighted by molar-refractivity contribution is 5.32. The number of ether oxygens (including phenoxy) is 1. The lowest BCUT2D eigenvalue weighted by atomic mass is 9.84. The molecule has 2 atom stereocenters. The average Bonchev–Trinajstić information content (AvgIpc) is 2.39. The minimum absolute atomic E-state index is 0.247. The number of halogens is 2. The van der Waals surface area contributed by atoms with Gasteiger partial charge in [0.15, 0.2) is 0 Å². The fraction of sp³-hybridized carbons (Fsp3) is 0.529. The predicted molar refractivity (Wildman–Crippen MR) is 78.7 cm³/mol. The van der Waals surface area contributed by atoms with Crippen LogP contribution in [0.2, 0.25) is 0 Å². The fourth-order valence-electron chi connectivity index (χ4n) is 3.56. The molecule has 0 radical (unpaired) electrons. The van der Waals surface area contributed by atoms with E-state index in [9.17, 15) is 8.78 Å². The first-order valence-electron chi connectivity index (χ1n) is 7.57. The molecule has 0 aliphatic carbocycles. The van der Waals surface area contributed by atoms with Gasteiger partial charge in [-0.15, -0.1) is 0 Å². The molecule has 0 saturated carbocycles. The summed E-state index contributed by atoms with van der Waals surface area (Å²) < 4.78 is 29.0. The van der Waals surface area contributed by atoms with Gasteiger partial charge in [-0.3, -0.25) is 4.90 Å². The van der Waals surface area contributed by atoms with Crippen LogP contribution in [0.4, 0.5) is 8.78 Å². The van der Waals surface area contributed by atoms with Crippen LogP contribution in [0.1, 0.15) is 31.2 Å². The standard InChI is InChI=1S/C17H21F2NO/c1-20-14-5-3-6-15(20)10-13(9-14)8-12-4-2-7-16(11-12)21-17(18)19/h2,4,7,9,11,14-15,17H,3,5-6,8,10H2,1H3. The molecule has 0 aromatic heterocycles. The van der Waals surface area contributed by atoms with Crippen LogP contribution in [-0.2, 0) is 6.42 Å². The number of nitrogens with zero attached hydrogens (tertiary/aromatic N) is 1. The van der Waals surface area contributed by atoms with E-state index in [0.717, 1.165) is 18.4 Å². The Bertz CT molecular complexity index is 529. The number of hydrogen-bond acceptors (Lipinski definition) is 2. The van der Waals surface area contributed by atoms with Crippen LogP contribution in [0.25, 0.3) is 0 Å². The lowest BCUT2D eigenvalue weighted by Crippen LogP contribution is -2.46. The van der Waals surface area contributed by atoms with Gasteiger partial charge < -0.3 is 4.74 Å². The van der Waals surface area contributed by atoms with Gasteiger partial charge in [-0.1, -0.05) is 30.2 Å². The van der Waals surface area contributed by atoms with E-state index in [4.69, 9.17) is 0 Å². The van der Waals surface area contributed by atoms with Crippen LogP contribution in [0.5, 0.6) is 5.75 Å². The molecule has 2 unspecified atom stereocenters. The molecule has 2 nitrogen and oxygen atoms in total. The Morgan fingerprint density at radius 3 is 2.95 bits per heavy atom. The van der Waals surface area contributed by atoms with Crippen LogP contribution >= 0.6 is 0 Å². The number of fused-ring (bicyclic) bond motifs is 2. The summed E-state index contributed by atoms with van der Waals surface area (Å²) in [6.07, 6.45) is 8.09. The summed E-state index contributed by atoms with van der Waals surface area (Å²) in [7, 11) is 2.21. The van der Waals surface area contributed by atoms with Gasteiger partial charge in [0.25, 0.3) is 0 Å². The molecule has 0 amide bonds. The van der Waals surface area contributed by atoms with Gasteiger partial charge in [-0.25, -0.2) is 0 Å². The number of piperidine rings is 1. The van der Waals surface area contributed by atoms with Crippen LogP contribution in [0.3, 0.4) is 0 Å². The Kier molecular flexibility index (Phi) is 4.24. The average molecular weight is 293 g/mol. The number of benzene rings is 1. The van der Waals surface area contributed by atoms with E-state index in [2.05, 4.69) is 22.8 Å². The molecule has 2 aliphatic heterocycles. The highest BCUT2D eigenvalue weighted by Crippen LogP contribution is 2.33. The number of hydrogen-bond donors (Lipinski definition) is 0. The molecule has 1 fully saturated rings. The molecular formula is C17H21F2NO. The van der Waals surface area contributed by atoms with E-state index in [1.807, 2.05) is 6.07 Å². The van der Waals surface area contributed by atoms with Crippen LogP contribution in [0, 0.1) is 0 Å². The molecule has 1 aromatic carbocycles. The van der Waals surface area contributed by atoms with Crippen molar-refractivity contribution in [3.8, 4) is 5.75 Å². The van der Waals surface area contributed by atoms with Crippen LogP contribution < -0.4 is 4.74 Å². The Hall–Kier alpha value is -1.42. The Morgan fingerprint density at radius 1 is 1.33 bits per heavy atom. The molecule has 2 bridgehead atoms. The minimum atomic E-state index is -2.76. The molecule has 114 valence electrons. The largest absolute Gasteiger partial charge is 0.435 e. The van der Waals surface area contributed by atoms with Gasteiger partial charge in [0.1, 0.15) is 5.75 Å². The number of rotatable bonds is 4. The molecule has 4 heteroatoms. The normalized spacial score (nSPS) is 25.8. The SMILES string of the molecule is CN1C2C=C(Cc3cccc(OC(F)F)c3)CC1CCC2. The van der Waals surface area contributed by atoms with Crippen molar-refractivity contribution in [3.05, 3.63) is 41.5 Å². The molecule has 3 rings (SSSR count). The van der Waals surface area contributed by atoms with Gasteiger partial charge in [-0.05, 0) is 50.4 Å². The fourth-order valence-corrected chi connectivity index (χ4v) is 3.56. The zero-order valence-electron chi connectivity index (χ0n) is 12.3. The lowest BCUT2D eigenvalue weighted by Gasteiger charge is -2.42. The summed E-state index contributed by atoms with van der Waals surface area (Å²) in [4.78, 5) is 2.48. The lowest BCUT2D eigenvalue weighted by molar-refractivity contribution is -0.0498. The maximum absolute atomic E-state index is 12.3. The van der Waals surface area contributed by atoms with Crippen molar-refractivity contribution in [1.82, 2.24) is 4.90 Å². The van der Waals surface area contributed by atoms with Gasteiger partial charge in [0.2, 0.25) is 0 Å². The predicted octanol–water partition coefficient (Wildman–Crippen LogP) is 4.01. The van der Waals surface area contributed by atoms with Gasteiger partial charge >= 0.3 is 6.61 Å². The molecule has 21 heavy (non-hydrogen) atoms. The Labute approximate surface area is 124 Å². The highest BCUT2D eigenvalue weighted by Gasteiger charge is 2.30. The third-order valence-electron chi connectivity index (χ3n) is 4.62. The van der Waals surface area contributed by atoms with Gasteiger partial charge in [-0.2, -0.15) is 8.78 Å². The van der Waals surface area contributed by atoms with Crippen molar-refractivity contribution in [2.45, 2.75) is 50.8 Å². The highest BCUT2D eigenvalue weighted by atomic mass is 19.3. The second kappa shape index (κ2) is 6.14. The van der Waals surface area contributed by atoms with Gasteiger partial charge in [0, 0.05) is 12.1 Å². The second-order valence-electron chi connectivity index (χ2n) is 6.05. The van der Waals surface area contributed by atoms with E-state index in [1.165, 1.54) is 24.8 Å². The van der Waals surface area contributed by atoms with Crippen molar-refractivity contribution in [3.63, 3.8) is 0 Å². The summed E-state index contributed by atoms with van der Waals surface area (Å²) in [5.74, 6) is 0.247. The van der Waals surface area contributed by atoms with Crippen LogP contribution in [0.15, 0.2) is 35.9 Å². The number of alkyl halides is 2. The van der Waals surface area contributed by atoms with Crippen molar-refractivity contribution in [1.29, 1.82) is 0 Å².